The molecular formula is C53H30N4O2. The fourth-order valence-corrected chi connectivity index (χ4v) is 9.12. The van der Waals surface area contributed by atoms with Crippen molar-refractivity contribution in [1.82, 2.24) is 19.5 Å². The van der Waals surface area contributed by atoms with E-state index in [1.54, 1.807) is 0 Å². The van der Waals surface area contributed by atoms with E-state index in [1.165, 1.54) is 21.5 Å². The molecule has 6 heteroatoms. The number of benzene rings is 9. The summed E-state index contributed by atoms with van der Waals surface area (Å²) in [5.41, 5.74) is 8.94. The molecule has 0 saturated carbocycles. The molecule has 0 aliphatic carbocycles. The van der Waals surface area contributed by atoms with Gasteiger partial charge in [0.1, 0.15) is 22.3 Å². The van der Waals surface area contributed by atoms with Crippen LogP contribution in [0, 0.1) is 0 Å². The van der Waals surface area contributed by atoms with Gasteiger partial charge in [0.2, 0.25) is 0 Å². The maximum absolute atomic E-state index is 6.90. The minimum absolute atomic E-state index is 0.520. The van der Waals surface area contributed by atoms with Gasteiger partial charge in [-0.3, -0.25) is 0 Å². The van der Waals surface area contributed by atoms with E-state index in [2.05, 4.69) is 150 Å². The Morgan fingerprint density at radius 1 is 0.356 bits per heavy atom. The fourth-order valence-electron chi connectivity index (χ4n) is 9.12. The maximum atomic E-state index is 6.90. The number of fused-ring (bicyclic) bond motifs is 11. The predicted octanol–water partition coefficient (Wildman–Crippen LogP) is 14.1. The SMILES string of the molecule is c1ccc2cc3c(cc2c1)c1ccccc1n3-c1ccc(-c2nc(-c3ccc4c(c3)oc3ccccc34)nc(-c3cccc4ccccc34)n2)c2oc3ccccc3c12. The van der Waals surface area contributed by atoms with Crippen molar-refractivity contribution < 1.29 is 8.83 Å². The molecule has 0 atom stereocenters. The van der Waals surface area contributed by atoms with E-state index in [1.807, 2.05) is 36.4 Å². The molecule has 0 fully saturated rings. The fraction of sp³-hybridized carbons (Fsp3) is 0. The second-order valence-electron chi connectivity index (χ2n) is 15.1. The number of nitrogens with zero attached hydrogens (tertiary/aromatic N) is 4. The van der Waals surface area contributed by atoms with Crippen molar-refractivity contribution in [2.24, 2.45) is 0 Å². The van der Waals surface area contributed by atoms with Crippen molar-refractivity contribution in [3.05, 3.63) is 182 Å². The first-order valence-electron chi connectivity index (χ1n) is 19.8. The van der Waals surface area contributed by atoms with Gasteiger partial charge in [0.25, 0.3) is 0 Å². The van der Waals surface area contributed by atoms with Crippen LogP contribution in [0.5, 0.6) is 0 Å². The van der Waals surface area contributed by atoms with Crippen molar-refractivity contribution in [3.63, 3.8) is 0 Å². The largest absolute Gasteiger partial charge is 0.456 e. The highest BCUT2D eigenvalue weighted by Crippen LogP contribution is 2.43. The van der Waals surface area contributed by atoms with Gasteiger partial charge in [-0.05, 0) is 76.1 Å². The van der Waals surface area contributed by atoms with Crippen molar-refractivity contribution >= 4 is 87.2 Å². The van der Waals surface area contributed by atoms with Crippen LogP contribution in [0.4, 0.5) is 0 Å². The van der Waals surface area contributed by atoms with Crippen molar-refractivity contribution in [1.29, 1.82) is 0 Å². The average molecular weight is 755 g/mol. The zero-order valence-corrected chi connectivity index (χ0v) is 31.4. The summed E-state index contributed by atoms with van der Waals surface area (Å²) in [5, 5.41) is 11.1. The summed E-state index contributed by atoms with van der Waals surface area (Å²) in [4.78, 5) is 15.7. The quantitative estimate of drug-likeness (QED) is 0.179. The highest BCUT2D eigenvalue weighted by Gasteiger charge is 2.24. The summed E-state index contributed by atoms with van der Waals surface area (Å²) in [6, 6.07) is 63.3. The molecule has 0 bridgehead atoms. The van der Waals surface area contributed by atoms with Crippen LogP contribution in [0.2, 0.25) is 0 Å². The van der Waals surface area contributed by atoms with Gasteiger partial charge in [0.15, 0.2) is 17.5 Å². The molecule has 6 nitrogen and oxygen atoms in total. The maximum Gasteiger partial charge on any atom is 0.167 e. The molecule has 4 aromatic heterocycles. The standard InChI is InChI=1S/C53H30N4O2/c1-2-14-33-29-45-42(28-32(33)13-1)36-17-5-8-21-43(36)57(45)44-27-26-41(50-49(44)40-19-7-10-23-47(40)59-50)53-55-51(34-24-25-38-37-18-6-9-22-46(37)58-48(38)30-34)54-52(56-53)39-20-11-15-31-12-3-4-16-35(31)39/h1-30H. The molecule has 0 amide bonds. The van der Waals surface area contributed by atoms with E-state index in [-0.39, 0.29) is 0 Å². The zero-order chi connectivity index (χ0) is 38.6. The number of hydrogen-bond acceptors (Lipinski definition) is 5. The first kappa shape index (κ1) is 32.0. The summed E-state index contributed by atoms with van der Waals surface area (Å²) < 4.78 is 15.6. The van der Waals surface area contributed by atoms with E-state index < -0.39 is 0 Å². The van der Waals surface area contributed by atoms with Crippen LogP contribution in [0.15, 0.2) is 191 Å². The third-order valence-corrected chi connectivity index (χ3v) is 11.8. The molecular weight excluding hydrogens is 725 g/mol. The van der Waals surface area contributed by atoms with Gasteiger partial charge in [-0.1, -0.05) is 127 Å². The normalized spacial score (nSPS) is 12.1. The first-order chi connectivity index (χ1) is 29.2. The van der Waals surface area contributed by atoms with Crippen LogP contribution in [-0.2, 0) is 0 Å². The first-order valence-corrected chi connectivity index (χ1v) is 19.8. The van der Waals surface area contributed by atoms with E-state index >= 15 is 0 Å². The van der Waals surface area contributed by atoms with Crippen LogP contribution in [-0.4, -0.2) is 19.5 Å². The van der Waals surface area contributed by atoms with Gasteiger partial charge < -0.3 is 13.4 Å². The topological polar surface area (TPSA) is 69.9 Å². The molecule has 9 aromatic carbocycles. The Morgan fingerprint density at radius 2 is 0.983 bits per heavy atom. The lowest BCUT2D eigenvalue weighted by Gasteiger charge is -2.13. The second-order valence-corrected chi connectivity index (χ2v) is 15.1. The average Bonchev–Trinajstić information content (AvgIpc) is 3.97. The number of para-hydroxylation sites is 3. The highest BCUT2D eigenvalue weighted by atomic mass is 16.3. The molecule has 13 rings (SSSR count). The van der Waals surface area contributed by atoms with Crippen LogP contribution >= 0.6 is 0 Å². The Kier molecular flexibility index (Phi) is 6.63. The molecule has 4 heterocycles. The number of aromatic nitrogens is 4. The molecule has 0 aliphatic rings. The Morgan fingerprint density at radius 3 is 1.83 bits per heavy atom. The van der Waals surface area contributed by atoms with E-state index in [0.29, 0.717) is 23.1 Å². The minimum atomic E-state index is 0.520. The van der Waals surface area contributed by atoms with Crippen molar-refractivity contribution in [2.75, 3.05) is 0 Å². The third-order valence-electron chi connectivity index (χ3n) is 11.8. The predicted molar refractivity (Wildman–Crippen MR) is 240 cm³/mol. The van der Waals surface area contributed by atoms with Gasteiger partial charge >= 0.3 is 0 Å². The summed E-state index contributed by atoms with van der Waals surface area (Å²) in [5.74, 6) is 1.64. The van der Waals surface area contributed by atoms with E-state index in [4.69, 9.17) is 23.8 Å². The summed E-state index contributed by atoms with van der Waals surface area (Å²) in [6.07, 6.45) is 0. The number of hydrogen-bond donors (Lipinski definition) is 0. The van der Waals surface area contributed by atoms with Crippen LogP contribution in [0.3, 0.4) is 0 Å². The zero-order valence-electron chi connectivity index (χ0n) is 31.4. The Hall–Kier alpha value is -8.09. The smallest absolute Gasteiger partial charge is 0.167 e. The van der Waals surface area contributed by atoms with Gasteiger partial charge in [0, 0.05) is 38.1 Å². The van der Waals surface area contributed by atoms with Gasteiger partial charge in [-0.15, -0.1) is 0 Å². The van der Waals surface area contributed by atoms with Crippen molar-refractivity contribution in [2.45, 2.75) is 0 Å². The van der Waals surface area contributed by atoms with Crippen LogP contribution in [0.1, 0.15) is 0 Å². The van der Waals surface area contributed by atoms with Gasteiger partial charge in [-0.25, -0.2) is 15.0 Å². The molecule has 0 spiro atoms. The third kappa shape index (κ3) is 4.77. The number of furan rings is 2. The Labute approximate surface area is 336 Å². The van der Waals surface area contributed by atoms with Crippen LogP contribution < -0.4 is 0 Å². The van der Waals surface area contributed by atoms with Crippen LogP contribution in [0.25, 0.3) is 127 Å². The monoisotopic (exact) mass is 754 g/mol. The van der Waals surface area contributed by atoms with E-state index in [9.17, 15) is 0 Å². The Balaban J connectivity index is 1.10. The molecule has 0 radical (unpaired) electrons. The number of rotatable bonds is 4. The molecule has 0 aliphatic heterocycles. The molecule has 0 N–H and O–H groups in total. The lowest BCUT2D eigenvalue weighted by Crippen LogP contribution is -2.01. The molecule has 274 valence electrons. The van der Waals surface area contributed by atoms with Gasteiger partial charge in [-0.2, -0.15) is 0 Å². The lowest BCUT2D eigenvalue weighted by molar-refractivity contribution is 0.668. The Bertz CT molecular complexity index is 3870. The highest BCUT2D eigenvalue weighted by molar-refractivity contribution is 6.18. The summed E-state index contributed by atoms with van der Waals surface area (Å²) in [6.45, 7) is 0. The molecule has 0 saturated heterocycles. The van der Waals surface area contributed by atoms with E-state index in [0.717, 1.165) is 82.5 Å². The molecule has 0 unspecified atom stereocenters. The second kappa shape index (κ2) is 12.2. The minimum Gasteiger partial charge on any atom is -0.456 e. The summed E-state index contributed by atoms with van der Waals surface area (Å²) in [7, 11) is 0. The molecule has 13 aromatic rings. The van der Waals surface area contributed by atoms with Gasteiger partial charge in [0.05, 0.1) is 27.7 Å². The molecule has 59 heavy (non-hydrogen) atoms. The lowest BCUT2D eigenvalue weighted by atomic mass is 10.0. The summed E-state index contributed by atoms with van der Waals surface area (Å²) >= 11 is 0. The van der Waals surface area contributed by atoms with Crippen molar-refractivity contribution in [3.8, 4) is 39.9 Å².